The summed E-state index contributed by atoms with van der Waals surface area (Å²) in [7, 11) is 2.24. The van der Waals surface area contributed by atoms with Crippen molar-refractivity contribution in [3.63, 3.8) is 0 Å². The Morgan fingerprint density at radius 3 is 2.26 bits per heavy atom. The predicted molar refractivity (Wildman–Crippen MR) is 82.6 cm³/mol. The summed E-state index contributed by atoms with van der Waals surface area (Å²) < 4.78 is 0. The summed E-state index contributed by atoms with van der Waals surface area (Å²) in [4.78, 5) is 2.46. The van der Waals surface area contributed by atoms with Crippen molar-refractivity contribution >= 4 is 0 Å². The molecule has 1 aliphatic carbocycles. The maximum Gasteiger partial charge on any atom is 0.0148 e. The maximum absolute atomic E-state index is 3.72. The largest absolute Gasteiger partial charge is 0.313 e. The minimum atomic E-state index is 0.679. The van der Waals surface area contributed by atoms with Gasteiger partial charge in [0.15, 0.2) is 0 Å². The zero-order valence-corrected chi connectivity index (χ0v) is 12.7. The van der Waals surface area contributed by atoms with Gasteiger partial charge in [0.2, 0.25) is 0 Å². The maximum atomic E-state index is 3.72. The first kappa shape index (κ1) is 14.5. The molecule has 19 heavy (non-hydrogen) atoms. The number of fused-ring (bicyclic) bond motifs is 1. The third-order valence-corrected chi connectivity index (χ3v) is 4.40. The number of benzene rings is 1. The topological polar surface area (TPSA) is 15.3 Å². The van der Waals surface area contributed by atoms with Crippen LogP contribution in [-0.4, -0.2) is 37.1 Å². The Bertz CT molecular complexity index is 364. The predicted octanol–water partition coefficient (Wildman–Crippen LogP) is 2.86. The van der Waals surface area contributed by atoms with E-state index in [4.69, 9.17) is 0 Å². The molecule has 0 radical (unpaired) electrons. The number of nitrogens with one attached hydrogen (secondary N) is 1. The second-order valence-electron chi connectivity index (χ2n) is 5.54. The smallest absolute Gasteiger partial charge is 0.0148 e. The average Bonchev–Trinajstić information content (AvgIpc) is 2.86. The van der Waals surface area contributed by atoms with Gasteiger partial charge in [0.1, 0.15) is 0 Å². The van der Waals surface area contributed by atoms with Crippen LogP contribution in [0.25, 0.3) is 0 Å². The van der Waals surface area contributed by atoms with Gasteiger partial charge in [0.05, 0.1) is 0 Å². The molecule has 1 fully saturated rings. The molecule has 2 nitrogen and oxygen atoms in total. The molecule has 0 bridgehead atoms. The van der Waals surface area contributed by atoms with Crippen molar-refractivity contribution in [1.29, 1.82) is 0 Å². The molecule has 2 aliphatic rings. The van der Waals surface area contributed by atoms with Crippen LogP contribution in [0.2, 0.25) is 0 Å². The van der Waals surface area contributed by atoms with Crippen LogP contribution in [-0.2, 0) is 12.8 Å². The molecule has 0 aromatic heterocycles. The lowest BCUT2D eigenvalue weighted by Gasteiger charge is -2.38. The van der Waals surface area contributed by atoms with E-state index in [0.717, 1.165) is 6.04 Å². The summed E-state index contributed by atoms with van der Waals surface area (Å²) in [6.07, 6.45) is 5.14. The molecule has 1 aromatic rings. The van der Waals surface area contributed by atoms with Crippen LogP contribution in [0.5, 0.6) is 0 Å². The molecule has 2 heteroatoms. The van der Waals surface area contributed by atoms with E-state index in [-0.39, 0.29) is 0 Å². The van der Waals surface area contributed by atoms with Crippen molar-refractivity contribution in [1.82, 2.24) is 10.2 Å². The Labute approximate surface area is 118 Å². The first-order valence-corrected chi connectivity index (χ1v) is 7.83. The van der Waals surface area contributed by atoms with Crippen molar-refractivity contribution in [3.8, 4) is 0 Å². The minimum Gasteiger partial charge on any atom is -0.313 e. The molecule has 1 atom stereocenters. The van der Waals surface area contributed by atoms with Gasteiger partial charge in [-0.05, 0) is 56.9 Å². The summed E-state index contributed by atoms with van der Waals surface area (Å²) in [5, 5.41) is 3.72. The fourth-order valence-electron chi connectivity index (χ4n) is 3.09. The van der Waals surface area contributed by atoms with Gasteiger partial charge in [-0.1, -0.05) is 38.1 Å². The lowest BCUT2D eigenvalue weighted by molar-refractivity contribution is 0.117. The molecule has 1 unspecified atom stereocenters. The van der Waals surface area contributed by atoms with E-state index >= 15 is 0 Å². The zero-order chi connectivity index (χ0) is 13.7. The second kappa shape index (κ2) is 7.06. The minimum absolute atomic E-state index is 0.679. The van der Waals surface area contributed by atoms with E-state index in [0.29, 0.717) is 6.04 Å². The Hall–Kier alpha value is -0.860. The van der Waals surface area contributed by atoms with Crippen LogP contribution in [0.4, 0.5) is 0 Å². The molecule has 1 saturated heterocycles. The molecule has 0 saturated carbocycles. The fraction of sp³-hybridized carbons (Fsp3) is 0.647. The molecule has 1 aliphatic heterocycles. The molecular weight excluding hydrogens is 232 g/mol. The summed E-state index contributed by atoms with van der Waals surface area (Å²) in [6, 6.07) is 10.4. The third kappa shape index (κ3) is 3.58. The standard InChI is InChI=1S/C15H22N2.C2H6/c1-17-9-7-15(17)6-8-16-14-10-12-4-2-3-5-13(12)11-14;1-2/h2-5,14-16H,6-11H2,1H3;1-2H3. The van der Waals surface area contributed by atoms with Crippen molar-refractivity contribution in [2.45, 2.75) is 51.6 Å². The van der Waals surface area contributed by atoms with Crippen molar-refractivity contribution in [2.75, 3.05) is 20.1 Å². The lowest BCUT2D eigenvalue weighted by atomic mass is 10.0. The summed E-state index contributed by atoms with van der Waals surface area (Å²) in [5.41, 5.74) is 3.09. The van der Waals surface area contributed by atoms with Crippen LogP contribution in [0.1, 0.15) is 37.8 Å². The molecular formula is C17H28N2. The normalized spacial score (nSPS) is 22.4. The van der Waals surface area contributed by atoms with Gasteiger partial charge in [-0.2, -0.15) is 0 Å². The number of hydrogen-bond acceptors (Lipinski definition) is 2. The van der Waals surface area contributed by atoms with Crippen molar-refractivity contribution in [2.24, 2.45) is 0 Å². The number of rotatable bonds is 4. The van der Waals surface area contributed by atoms with Gasteiger partial charge >= 0.3 is 0 Å². The SMILES string of the molecule is CC.CN1CCC1CCNC1Cc2ccccc2C1. The first-order valence-electron chi connectivity index (χ1n) is 7.83. The van der Waals surface area contributed by atoms with E-state index in [9.17, 15) is 0 Å². The second-order valence-corrected chi connectivity index (χ2v) is 5.54. The van der Waals surface area contributed by atoms with Gasteiger partial charge in [-0.3, -0.25) is 0 Å². The number of hydrogen-bond donors (Lipinski definition) is 1. The molecule has 0 spiro atoms. The van der Waals surface area contributed by atoms with Gasteiger partial charge in [0.25, 0.3) is 0 Å². The van der Waals surface area contributed by atoms with E-state index in [2.05, 4.69) is 41.5 Å². The molecule has 1 heterocycles. The average molecular weight is 260 g/mol. The zero-order valence-electron chi connectivity index (χ0n) is 12.7. The van der Waals surface area contributed by atoms with E-state index < -0.39 is 0 Å². The Balaban J connectivity index is 0.000000637. The van der Waals surface area contributed by atoms with Gasteiger partial charge in [0, 0.05) is 12.1 Å². The van der Waals surface area contributed by atoms with E-state index in [1.54, 1.807) is 11.1 Å². The highest BCUT2D eigenvalue weighted by Gasteiger charge is 2.24. The van der Waals surface area contributed by atoms with Gasteiger partial charge in [-0.15, -0.1) is 0 Å². The van der Waals surface area contributed by atoms with E-state index in [1.807, 2.05) is 13.8 Å². The molecule has 1 aromatic carbocycles. The highest BCUT2D eigenvalue weighted by molar-refractivity contribution is 5.33. The third-order valence-electron chi connectivity index (χ3n) is 4.40. The summed E-state index contributed by atoms with van der Waals surface area (Å²) in [5.74, 6) is 0. The highest BCUT2D eigenvalue weighted by atomic mass is 15.2. The molecule has 3 rings (SSSR count). The first-order chi connectivity index (χ1) is 9.33. The summed E-state index contributed by atoms with van der Waals surface area (Å²) in [6.45, 7) is 6.47. The van der Waals surface area contributed by atoms with Gasteiger partial charge in [-0.25, -0.2) is 0 Å². The van der Waals surface area contributed by atoms with Crippen molar-refractivity contribution in [3.05, 3.63) is 35.4 Å². The summed E-state index contributed by atoms with van der Waals surface area (Å²) >= 11 is 0. The van der Waals surface area contributed by atoms with Crippen LogP contribution in [0.15, 0.2) is 24.3 Å². The van der Waals surface area contributed by atoms with Crippen LogP contribution in [0, 0.1) is 0 Å². The Morgan fingerprint density at radius 2 is 1.79 bits per heavy atom. The van der Waals surface area contributed by atoms with Gasteiger partial charge < -0.3 is 10.2 Å². The Morgan fingerprint density at radius 1 is 1.16 bits per heavy atom. The van der Waals surface area contributed by atoms with Crippen LogP contribution < -0.4 is 5.32 Å². The number of likely N-dealkylation sites (tertiary alicyclic amines) is 1. The van der Waals surface area contributed by atoms with Crippen LogP contribution in [0.3, 0.4) is 0 Å². The Kier molecular flexibility index (Phi) is 5.41. The molecule has 0 amide bonds. The molecule has 106 valence electrons. The number of nitrogens with zero attached hydrogens (tertiary/aromatic N) is 1. The lowest BCUT2D eigenvalue weighted by Crippen LogP contribution is -2.46. The van der Waals surface area contributed by atoms with E-state index in [1.165, 1.54) is 38.8 Å². The molecule has 1 N–H and O–H groups in total. The fourth-order valence-corrected chi connectivity index (χ4v) is 3.09. The quantitative estimate of drug-likeness (QED) is 0.895. The van der Waals surface area contributed by atoms with Crippen molar-refractivity contribution < 1.29 is 0 Å². The van der Waals surface area contributed by atoms with Crippen LogP contribution >= 0.6 is 0 Å². The highest BCUT2D eigenvalue weighted by Crippen LogP contribution is 2.22. The monoisotopic (exact) mass is 260 g/mol.